The van der Waals surface area contributed by atoms with Crippen LogP contribution in [0.15, 0.2) is 12.1 Å². The summed E-state index contributed by atoms with van der Waals surface area (Å²) in [7, 11) is -2.68. The van der Waals surface area contributed by atoms with Crippen molar-refractivity contribution in [3.05, 3.63) is 29.0 Å². The lowest BCUT2D eigenvalue weighted by Gasteiger charge is -2.24. The van der Waals surface area contributed by atoms with Crippen LogP contribution in [0.1, 0.15) is 54.7 Å². The van der Waals surface area contributed by atoms with Gasteiger partial charge in [0.2, 0.25) is 5.91 Å². The molecule has 1 atom stereocenters. The Labute approximate surface area is 181 Å². The molecule has 1 saturated carbocycles. The van der Waals surface area contributed by atoms with E-state index in [2.05, 4.69) is 17.2 Å². The number of hydrogen-bond acceptors (Lipinski definition) is 5. The zero-order valence-corrected chi connectivity index (χ0v) is 19.8. The van der Waals surface area contributed by atoms with E-state index in [4.69, 9.17) is 0 Å². The number of aryl methyl sites for hydroxylation is 1. The molecule has 6 nitrogen and oxygen atoms in total. The molecule has 160 valence electrons. The minimum absolute atomic E-state index is 0.00630. The molecule has 1 N–H and O–H groups in total. The Hall–Kier alpha value is -1.98. The quantitative estimate of drug-likeness (QED) is 0.666. The number of anilines is 1. The Morgan fingerprint density at radius 2 is 2.07 bits per heavy atom. The number of carbonyl (C=O) groups excluding carboxylic acids is 2. The summed E-state index contributed by atoms with van der Waals surface area (Å²) in [5.41, 5.74) is 3.29. The third-order valence-electron chi connectivity index (χ3n) is 6.02. The first kappa shape index (κ1) is 21.3. The van der Waals surface area contributed by atoms with Gasteiger partial charge in [-0.05, 0) is 69.2 Å². The molecular weight excluding hydrogens is 417 g/mol. The van der Waals surface area contributed by atoms with E-state index < -0.39 is 7.14 Å². The number of amides is 2. The molecule has 4 rings (SSSR count). The molecule has 0 radical (unpaired) electrons. The maximum absolute atomic E-state index is 13.3. The molecule has 1 aliphatic carbocycles. The standard InChI is InChI=1S/C22H28N3O3PS/c1-6-18(26)24-22-23-12(2)20(30-22)15-9-16-11-25(13(3)14-7-8-14)21(27)19(16)17(10-15)29(4,5)28/h9-10,13-14H,6-8,11H2,1-5H3,(H,23,24,26)/t13-/m0/s1. The molecule has 0 bridgehead atoms. The summed E-state index contributed by atoms with van der Waals surface area (Å²) in [6, 6.07) is 4.14. The Balaban J connectivity index is 1.78. The molecule has 2 aromatic rings. The van der Waals surface area contributed by atoms with E-state index >= 15 is 0 Å². The Bertz CT molecular complexity index is 1080. The molecule has 2 aliphatic rings. The smallest absolute Gasteiger partial charge is 0.255 e. The van der Waals surface area contributed by atoms with Crippen molar-refractivity contribution < 1.29 is 14.2 Å². The number of rotatable bonds is 6. The van der Waals surface area contributed by atoms with Gasteiger partial charge in [0.25, 0.3) is 5.91 Å². The highest BCUT2D eigenvalue weighted by molar-refractivity contribution is 7.70. The molecule has 8 heteroatoms. The summed E-state index contributed by atoms with van der Waals surface area (Å²) >= 11 is 1.41. The number of nitrogens with one attached hydrogen (secondary N) is 1. The van der Waals surface area contributed by atoms with Crippen LogP contribution in [0, 0.1) is 12.8 Å². The fourth-order valence-electron chi connectivity index (χ4n) is 4.10. The van der Waals surface area contributed by atoms with Crippen molar-refractivity contribution >= 4 is 40.7 Å². The third kappa shape index (κ3) is 3.85. The average molecular weight is 446 g/mol. The van der Waals surface area contributed by atoms with E-state index in [9.17, 15) is 14.2 Å². The van der Waals surface area contributed by atoms with Gasteiger partial charge in [0, 0.05) is 24.3 Å². The van der Waals surface area contributed by atoms with Gasteiger partial charge in [-0.1, -0.05) is 18.3 Å². The van der Waals surface area contributed by atoms with E-state index in [-0.39, 0.29) is 17.9 Å². The van der Waals surface area contributed by atoms with Crippen molar-refractivity contribution in [1.29, 1.82) is 0 Å². The van der Waals surface area contributed by atoms with E-state index in [1.807, 2.05) is 24.0 Å². The van der Waals surface area contributed by atoms with E-state index in [0.717, 1.165) is 21.7 Å². The number of nitrogens with zero attached hydrogens (tertiary/aromatic N) is 2. The highest BCUT2D eigenvalue weighted by Gasteiger charge is 2.41. The van der Waals surface area contributed by atoms with Gasteiger partial charge < -0.3 is 14.8 Å². The highest BCUT2D eigenvalue weighted by atomic mass is 32.1. The minimum atomic E-state index is -2.68. The monoisotopic (exact) mass is 445 g/mol. The molecule has 2 amide bonds. The van der Waals surface area contributed by atoms with Crippen LogP contribution >= 0.6 is 18.5 Å². The number of carbonyl (C=O) groups is 2. The molecular formula is C22H28N3O3PS. The molecule has 0 saturated heterocycles. The lowest BCUT2D eigenvalue weighted by atomic mass is 10.0. The molecule has 30 heavy (non-hydrogen) atoms. The van der Waals surface area contributed by atoms with Gasteiger partial charge in [0.15, 0.2) is 5.13 Å². The summed E-state index contributed by atoms with van der Waals surface area (Å²) in [6.45, 7) is 9.83. The lowest BCUT2D eigenvalue weighted by molar-refractivity contribution is -0.115. The van der Waals surface area contributed by atoms with Crippen LogP contribution < -0.4 is 10.6 Å². The van der Waals surface area contributed by atoms with Crippen LogP contribution in [-0.4, -0.2) is 41.1 Å². The molecule has 1 aromatic carbocycles. The number of fused-ring (bicyclic) bond motifs is 1. The first-order valence-corrected chi connectivity index (χ1v) is 13.8. The van der Waals surface area contributed by atoms with Gasteiger partial charge in [-0.3, -0.25) is 9.59 Å². The van der Waals surface area contributed by atoms with Gasteiger partial charge in [0.05, 0.1) is 16.1 Å². The van der Waals surface area contributed by atoms with Gasteiger partial charge in [-0.2, -0.15) is 0 Å². The zero-order chi connectivity index (χ0) is 21.8. The second-order valence-corrected chi connectivity index (χ2v) is 12.9. The molecule has 1 aromatic heterocycles. The predicted octanol–water partition coefficient (Wildman–Crippen LogP) is 4.47. The van der Waals surface area contributed by atoms with Crippen LogP contribution in [0.4, 0.5) is 5.13 Å². The summed E-state index contributed by atoms with van der Waals surface area (Å²) in [5.74, 6) is 0.508. The number of hydrogen-bond donors (Lipinski definition) is 1. The summed E-state index contributed by atoms with van der Waals surface area (Å²) in [6.07, 6.45) is 2.74. The third-order valence-corrected chi connectivity index (χ3v) is 8.65. The summed E-state index contributed by atoms with van der Waals surface area (Å²) in [5, 5.41) is 4.03. The second-order valence-electron chi connectivity index (χ2n) is 8.73. The number of thiazole rings is 1. The SMILES string of the molecule is CCC(=O)Nc1nc(C)c(-c2cc3c(c(P(C)(C)=O)c2)C(=O)N([C@@H](C)C2CC2)C3)s1. The number of benzene rings is 1. The van der Waals surface area contributed by atoms with Gasteiger partial charge in [-0.25, -0.2) is 4.98 Å². The molecule has 1 fully saturated rings. The van der Waals surface area contributed by atoms with Crippen molar-refractivity contribution in [3.8, 4) is 10.4 Å². The second kappa shape index (κ2) is 7.61. The van der Waals surface area contributed by atoms with Crippen LogP contribution in [0.25, 0.3) is 10.4 Å². The maximum atomic E-state index is 13.3. The topological polar surface area (TPSA) is 79.4 Å². The Morgan fingerprint density at radius 1 is 1.37 bits per heavy atom. The lowest BCUT2D eigenvalue weighted by Crippen LogP contribution is -2.35. The molecule has 0 spiro atoms. The van der Waals surface area contributed by atoms with Crippen LogP contribution in [0.3, 0.4) is 0 Å². The maximum Gasteiger partial charge on any atom is 0.255 e. The van der Waals surface area contributed by atoms with E-state index in [1.54, 1.807) is 20.3 Å². The minimum Gasteiger partial charge on any atom is -0.331 e. The molecule has 1 aliphatic heterocycles. The van der Waals surface area contributed by atoms with Gasteiger partial charge in [-0.15, -0.1) is 0 Å². The average Bonchev–Trinajstić information content (AvgIpc) is 3.39. The van der Waals surface area contributed by atoms with Gasteiger partial charge >= 0.3 is 0 Å². The first-order chi connectivity index (χ1) is 14.1. The van der Waals surface area contributed by atoms with Gasteiger partial charge in [0.1, 0.15) is 7.14 Å². The van der Waals surface area contributed by atoms with Crippen molar-refractivity contribution in [2.45, 2.75) is 52.6 Å². The van der Waals surface area contributed by atoms with Crippen molar-refractivity contribution in [1.82, 2.24) is 9.88 Å². The Kier molecular flexibility index (Phi) is 5.39. The van der Waals surface area contributed by atoms with Crippen molar-refractivity contribution in [2.24, 2.45) is 5.92 Å². The predicted molar refractivity (Wildman–Crippen MR) is 122 cm³/mol. The molecule has 0 unspecified atom stereocenters. The zero-order valence-electron chi connectivity index (χ0n) is 18.1. The normalized spacial score (nSPS) is 17.2. The van der Waals surface area contributed by atoms with Crippen molar-refractivity contribution in [3.63, 3.8) is 0 Å². The Morgan fingerprint density at radius 3 is 2.67 bits per heavy atom. The van der Waals surface area contributed by atoms with Crippen LogP contribution in [0.5, 0.6) is 0 Å². The van der Waals surface area contributed by atoms with E-state index in [1.165, 1.54) is 24.2 Å². The summed E-state index contributed by atoms with van der Waals surface area (Å²) < 4.78 is 13.2. The fourth-order valence-corrected chi connectivity index (χ4v) is 6.30. The molecule has 2 heterocycles. The van der Waals surface area contributed by atoms with Crippen LogP contribution in [0.2, 0.25) is 0 Å². The van der Waals surface area contributed by atoms with E-state index in [0.29, 0.717) is 34.9 Å². The highest BCUT2D eigenvalue weighted by Crippen LogP contribution is 2.44. The van der Waals surface area contributed by atoms with Crippen molar-refractivity contribution in [2.75, 3.05) is 18.6 Å². The number of aromatic nitrogens is 1. The first-order valence-electron chi connectivity index (χ1n) is 10.4. The fraction of sp³-hybridized carbons (Fsp3) is 0.500. The largest absolute Gasteiger partial charge is 0.331 e. The van der Waals surface area contributed by atoms with Crippen LogP contribution in [-0.2, 0) is 15.9 Å². The summed E-state index contributed by atoms with van der Waals surface area (Å²) in [4.78, 5) is 32.4.